The van der Waals surface area contributed by atoms with Crippen molar-refractivity contribution in [2.24, 2.45) is 0 Å². The van der Waals surface area contributed by atoms with Gasteiger partial charge in [-0.3, -0.25) is 4.79 Å². The van der Waals surface area contributed by atoms with Crippen LogP contribution < -0.4 is 26.5 Å². The summed E-state index contributed by atoms with van der Waals surface area (Å²) in [6, 6.07) is 4.57. The van der Waals surface area contributed by atoms with Crippen molar-refractivity contribution in [1.82, 2.24) is 19.9 Å². The number of nitrogen functional groups attached to an aromatic ring is 1. The number of anilines is 2. The van der Waals surface area contributed by atoms with Crippen molar-refractivity contribution in [2.45, 2.75) is 58.4 Å². The number of rotatable bonds is 10. The van der Waals surface area contributed by atoms with E-state index in [-0.39, 0.29) is 5.91 Å². The lowest BCUT2D eigenvalue weighted by atomic mass is 10.1. The molecule has 0 radical (unpaired) electrons. The summed E-state index contributed by atoms with van der Waals surface area (Å²) in [5.41, 5.74) is 8.95. The van der Waals surface area contributed by atoms with E-state index in [1.54, 1.807) is 31.1 Å². The number of nitrogens with one attached hydrogen (secondary N) is 1. The largest absolute Gasteiger partial charge is 0.382 e. The Kier molecular flexibility index (Phi) is 8.58. The summed E-state index contributed by atoms with van der Waals surface area (Å²) in [6.07, 6.45) is 15.1. The van der Waals surface area contributed by atoms with E-state index >= 15 is 0 Å². The third kappa shape index (κ3) is 6.01. The van der Waals surface area contributed by atoms with Crippen molar-refractivity contribution in [3.8, 4) is 0 Å². The van der Waals surface area contributed by atoms with Gasteiger partial charge in [0.1, 0.15) is 17.2 Å². The maximum absolute atomic E-state index is 14.3. The van der Waals surface area contributed by atoms with Crippen LogP contribution in [-0.4, -0.2) is 41.1 Å². The number of unbranched alkanes of at least 4 members (excludes halogenated alkanes) is 2. The first-order valence-corrected chi connectivity index (χ1v) is 13.2. The normalized spacial score (nSPS) is 15.6. The molecule has 3 N–H and O–H groups in total. The molecule has 8 heteroatoms. The van der Waals surface area contributed by atoms with Crippen LogP contribution in [0.4, 0.5) is 15.9 Å². The average molecular weight is 505 g/mol. The van der Waals surface area contributed by atoms with Crippen molar-refractivity contribution >= 4 is 40.6 Å². The Bertz CT molecular complexity index is 1420. The number of hydrogen-bond donors (Lipinski definition) is 2. The number of halogens is 1. The Morgan fingerprint density at radius 2 is 2.03 bits per heavy atom. The van der Waals surface area contributed by atoms with Crippen LogP contribution in [0.15, 0.2) is 30.4 Å². The highest BCUT2D eigenvalue weighted by Crippen LogP contribution is 2.20. The van der Waals surface area contributed by atoms with Crippen LogP contribution in [0.2, 0.25) is 0 Å². The predicted octanol–water partition coefficient (Wildman–Crippen LogP) is 3.68. The Morgan fingerprint density at radius 1 is 1.19 bits per heavy atom. The number of pyridine rings is 1. The number of allylic oxidation sites excluding steroid dienone is 2. The predicted molar refractivity (Wildman–Crippen MR) is 149 cm³/mol. The topological polar surface area (TPSA) is 89.1 Å². The molecule has 1 aromatic carbocycles. The highest BCUT2D eigenvalue weighted by molar-refractivity contribution is 5.94. The van der Waals surface area contributed by atoms with E-state index in [0.717, 1.165) is 78.9 Å². The lowest BCUT2D eigenvalue weighted by Crippen LogP contribution is -2.31. The smallest absolute Gasteiger partial charge is 0.251 e. The van der Waals surface area contributed by atoms with E-state index in [4.69, 9.17) is 10.7 Å². The van der Waals surface area contributed by atoms with E-state index in [0.29, 0.717) is 23.6 Å². The van der Waals surface area contributed by atoms with Gasteiger partial charge in [-0.15, -0.1) is 0 Å². The van der Waals surface area contributed by atoms with Gasteiger partial charge in [0.05, 0.1) is 16.6 Å². The first-order chi connectivity index (χ1) is 17.9. The summed E-state index contributed by atoms with van der Waals surface area (Å²) in [5, 5.41) is 4.90. The SMILES string of the molecule is CCCCc1nc2c(N)nc3/c(c2n1CCCCNC(=O)c1ccc(N(C)C)c(F)c1)=C\C=C/CC\C=3. The molecule has 1 aliphatic carbocycles. The highest BCUT2D eigenvalue weighted by Gasteiger charge is 2.16. The zero-order chi connectivity index (χ0) is 26.4. The number of amides is 1. The molecule has 0 spiro atoms. The van der Waals surface area contributed by atoms with Gasteiger partial charge in [-0.05, 0) is 50.3 Å². The van der Waals surface area contributed by atoms with Crippen LogP contribution in [0.1, 0.15) is 61.6 Å². The van der Waals surface area contributed by atoms with Crippen LogP contribution >= 0.6 is 0 Å². The lowest BCUT2D eigenvalue weighted by molar-refractivity contribution is 0.0952. The fourth-order valence-corrected chi connectivity index (χ4v) is 4.69. The van der Waals surface area contributed by atoms with Crippen LogP contribution in [0, 0.1) is 5.82 Å². The summed E-state index contributed by atoms with van der Waals surface area (Å²) >= 11 is 0. The second-order valence-electron chi connectivity index (χ2n) is 9.68. The summed E-state index contributed by atoms with van der Waals surface area (Å²) in [7, 11) is 3.54. The van der Waals surface area contributed by atoms with Gasteiger partial charge in [0.25, 0.3) is 5.91 Å². The molecule has 3 aromatic rings. The molecule has 4 rings (SSSR count). The van der Waals surface area contributed by atoms with Gasteiger partial charge in [-0.25, -0.2) is 14.4 Å². The van der Waals surface area contributed by atoms with Crippen LogP contribution in [-0.2, 0) is 13.0 Å². The average Bonchev–Trinajstić information content (AvgIpc) is 3.22. The number of carbonyl (C=O) groups is 1. The molecule has 7 nitrogen and oxygen atoms in total. The van der Waals surface area contributed by atoms with Crippen molar-refractivity contribution < 1.29 is 9.18 Å². The van der Waals surface area contributed by atoms with Crippen molar-refractivity contribution in [3.05, 3.63) is 58.1 Å². The molecular weight excluding hydrogens is 467 g/mol. The Hall–Kier alpha value is -3.68. The van der Waals surface area contributed by atoms with Gasteiger partial charge in [-0.1, -0.05) is 37.6 Å². The molecule has 0 saturated carbocycles. The molecule has 0 unspecified atom stereocenters. The van der Waals surface area contributed by atoms with E-state index in [1.807, 2.05) is 0 Å². The van der Waals surface area contributed by atoms with Gasteiger partial charge >= 0.3 is 0 Å². The maximum atomic E-state index is 14.3. The highest BCUT2D eigenvalue weighted by atomic mass is 19.1. The number of aromatic nitrogens is 3. The van der Waals surface area contributed by atoms with Gasteiger partial charge in [0.2, 0.25) is 0 Å². The van der Waals surface area contributed by atoms with Crippen LogP contribution in [0.25, 0.3) is 23.2 Å². The summed E-state index contributed by atoms with van der Waals surface area (Å²) in [6.45, 7) is 3.46. The van der Waals surface area contributed by atoms with Gasteiger partial charge < -0.3 is 20.5 Å². The minimum atomic E-state index is -0.406. The molecule has 0 aliphatic heterocycles. The van der Waals surface area contributed by atoms with Crippen LogP contribution in [0.3, 0.4) is 0 Å². The third-order valence-electron chi connectivity index (χ3n) is 6.67. The molecule has 196 valence electrons. The molecule has 0 bridgehead atoms. The van der Waals surface area contributed by atoms with Gasteiger partial charge in [0, 0.05) is 44.4 Å². The zero-order valence-electron chi connectivity index (χ0n) is 22.1. The molecule has 0 atom stereocenters. The van der Waals surface area contributed by atoms with Gasteiger partial charge in [0.15, 0.2) is 5.82 Å². The quantitative estimate of drug-likeness (QED) is 0.411. The number of imidazole rings is 1. The lowest BCUT2D eigenvalue weighted by Gasteiger charge is -2.14. The minimum absolute atomic E-state index is 0.266. The number of nitrogens with two attached hydrogens (primary N) is 1. The van der Waals surface area contributed by atoms with Gasteiger partial charge in [-0.2, -0.15) is 0 Å². The number of benzene rings is 1. The molecule has 0 saturated heterocycles. The monoisotopic (exact) mass is 504 g/mol. The molecule has 37 heavy (non-hydrogen) atoms. The van der Waals surface area contributed by atoms with Crippen LogP contribution in [0.5, 0.6) is 0 Å². The van der Waals surface area contributed by atoms with Crippen molar-refractivity contribution in [3.63, 3.8) is 0 Å². The van der Waals surface area contributed by atoms with Crippen molar-refractivity contribution in [2.75, 3.05) is 31.3 Å². The second kappa shape index (κ2) is 12.0. The summed E-state index contributed by atoms with van der Waals surface area (Å²) in [4.78, 5) is 23.8. The first kappa shape index (κ1) is 26.4. The summed E-state index contributed by atoms with van der Waals surface area (Å²) < 4.78 is 16.5. The molecular formula is C29H37FN6O. The molecule has 0 fully saturated rings. The number of hydrogen-bond acceptors (Lipinski definition) is 5. The number of aryl methyl sites for hydroxylation is 2. The van der Waals surface area contributed by atoms with E-state index < -0.39 is 5.82 Å². The van der Waals surface area contributed by atoms with Crippen molar-refractivity contribution in [1.29, 1.82) is 0 Å². The molecule has 2 aromatic heterocycles. The second-order valence-corrected chi connectivity index (χ2v) is 9.68. The molecule has 2 heterocycles. The zero-order valence-corrected chi connectivity index (χ0v) is 22.1. The Morgan fingerprint density at radius 3 is 2.78 bits per heavy atom. The number of nitrogens with zero attached hydrogens (tertiary/aromatic N) is 4. The minimum Gasteiger partial charge on any atom is -0.382 e. The summed E-state index contributed by atoms with van der Waals surface area (Å²) in [5.74, 6) is 0.827. The maximum Gasteiger partial charge on any atom is 0.251 e. The molecule has 1 amide bonds. The fourth-order valence-electron chi connectivity index (χ4n) is 4.69. The fraction of sp³-hybridized carbons (Fsp3) is 0.414. The Balaban J connectivity index is 1.50. The van der Waals surface area contributed by atoms with E-state index in [9.17, 15) is 9.18 Å². The van der Waals surface area contributed by atoms with E-state index in [2.05, 4.69) is 46.1 Å². The third-order valence-corrected chi connectivity index (χ3v) is 6.67. The number of carbonyl (C=O) groups excluding carboxylic acids is 1. The van der Waals surface area contributed by atoms with E-state index in [1.165, 1.54) is 6.07 Å². The molecule has 1 aliphatic rings. The number of fused-ring (bicyclic) bond motifs is 3. The standard InChI is InChI=1S/C29H37FN6O/c1-4-5-14-25-34-26-27(21-12-8-6-7-9-13-23(21)33-28(26)31)36(25)18-11-10-17-32-29(37)20-15-16-24(35(2)3)22(30)19-20/h6,8,12-13,15-16,19H,4-5,7,9-11,14,17-18H2,1-3H3,(H2,31,33)(H,32,37)/b8-6-,21-12+,23-13+. The Labute approximate surface area is 217 Å². The first-order valence-electron chi connectivity index (χ1n) is 13.2.